The molecular formula is C17H14ClNO. The molecule has 1 amide bonds. The second kappa shape index (κ2) is 4.80. The minimum absolute atomic E-state index is 0.496. The SMILES string of the molecule is Cc1ccc2c(c1)C=Cc1cc(C)ccc1N2C(=O)Cl. The Hall–Kier alpha value is -2.06. The largest absolute Gasteiger partial charge is 0.325 e. The summed E-state index contributed by atoms with van der Waals surface area (Å²) < 4.78 is 0. The lowest BCUT2D eigenvalue weighted by atomic mass is 10.1. The first kappa shape index (κ1) is 12.9. The summed E-state index contributed by atoms with van der Waals surface area (Å²) >= 11 is 5.82. The number of amides is 1. The summed E-state index contributed by atoms with van der Waals surface area (Å²) in [5, 5.41) is -0.496. The Morgan fingerprint density at radius 3 is 1.75 bits per heavy atom. The highest BCUT2D eigenvalue weighted by molar-refractivity contribution is 6.67. The predicted octanol–water partition coefficient (Wildman–Crippen LogP) is 5.28. The molecule has 0 fully saturated rings. The third kappa shape index (κ3) is 2.12. The molecule has 1 heterocycles. The molecule has 3 rings (SSSR count). The summed E-state index contributed by atoms with van der Waals surface area (Å²) in [6, 6.07) is 11.9. The molecule has 0 N–H and O–H groups in total. The van der Waals surface area contributed by atoms with Crippen molar-refractivity contribution < 1.29 is 4.79 Å². The molecule has 3 heteroatoms. The quantitative estimate of drug-likeness (QED) is 0.475. The molecule has 0 bridgehead atoms. The number of benzene rings is 2. The maximum Gasteiger partial charge on any atom is 0.325 e. The smallest absolute Gasteiger partial charge is 0.266 e. The summed E-state index contributed by atoms with van der Waals surface area (Å²) in [4.78, 5) is 13.5. The van der Waals surface area contributed by atoms with Crippen molar-refractivity contribution in [3.8, 4) is 0 Å². The zero-order chi connectivity index (χ0) is 14.3. The fourth-order valence-corrected chi connectivity index (χ4v) is 2.70. The topological polar surface area (TPSA) is 20.3 Å². The molecule has 100 valence electrons. The Morgan fingerprint density at radius 2 is 1.35 bits per heavy atom. The zero-order valence-electron chi connectivity index (χ0n) is 11.4. The number of anilines is 2. The van der Waals surface area contributed by atoms with Crippen LogP contribution in [0.25, 0.3) is 12.2 Å². The molecule has 0 saturated carbocycles. The monoisotopic (exact) mass is 283 g/mol. The third-order valence-corrected chi connectivity index (χ3v) is 3.64. The van der Waals surface area contributed by atoms with Gasteiger partial charge in [0.2, 0.25) is 0 Å². The highest BCUT2D eigenvalue weighted by atomic mass is 35.5. The molecule has 0 unspecified atom stereocenters. The number of nitrogens with zero attached hydrogens (tertiary/aromatic N) is 1. The molecule has 0 spiro atoms. The fourth-order valence-electron chi connectivity index (χ4n) is 2.52. The molecule has 2 aromatic rings. The number of rotatable bonds is 0. The molecule has 0 aliphatic carbocycles. The van der Waals surface area contributed by atoms with Crippen LogP contribution in [0.3, 0.4) is 0 Å². The number of hydrogen-bond acceptors (Lipinski definition) is 1. The van der Waals surface area contributed by atoms with Gasteiger partial charge in [-0.3, -0.25) is 9.69 Å². The van der Waals surface area contributed by atoms with E-state index in [1.165, 1.54) is 0 Å². The highest BCUT2D eigenvalue weighted by Crippen LogP contribution is 2.37. The van der Waals surface area contributed by atoms with Gasteiger partial charge >= 0.3 is 5.37 Å². The van der Waals surface area contributed by atoms with Crippen LogP contribution in [0, 0.1) is 13.8 Å². The lowest BCUT2D eigenvalue weighted by Gasteiger charge is -2.22. The molecule has 20 heavy (non-hydrogen) atoms. The van der Waals surface area contributed by atoms with Gasteiger partial charge in [0.15, 0.2) is 0 Å². The molecule has 2 nitrogen and oxygen atoms in total. The number of fused-ring (bicyclic) bond motifs is 2. The second-order valence-electron chi connectivity index (χ2n) is 5.05. The molecule has 0 aromatic heterocycles. The van der Waals surface area contributed by atoms with E-state index in [-0.39, 0.29) is 0 Å². The first-order chi connectivity index (χ1) is 9.56. The molecule has 0 radical (unpaired) electrons. The molecule has 0 atom stereocenters. The van der Waals surface area contributed by atoms with E-state index in [1.54, 1.807) is 4.90 Å². The summed E-state index contributed by atoms with van der Waals surface area (Å²) in [5.74, 6) is 0. The molecule has 2 aromatic carbocycles. The predicted molar refractivity (Wildman–Crippen MR) is 84.7 cm³/mol. The van der Waals surface area contributed by atoms with Gasteiger partial charge < -0.3 is 0 Å². The first-order valence-corrected chi connectivity index (χ1v) is 6.83. The van der Waals surface area contributed by atoms with Gasteiger partial charge in [-0.05, 0) is 60.8 Å². The fraction of sp³-hybridized carbons (Fsp3) is 0.118. The van der Waals surface area contributed by atoms with Crippen LogP contribution >= 0.6 is 11.6 Å². The highest BCUT2D eigenvalue weighted by Gasteiger charge is 2.22. The Labute approximate surface area is 123 Å². The van der Waals surface area contributed by atoms with Crippen LogP contribution < -0.4 is 4.90 Å². The first-order valence-electron chi connectivity index (χ1n) is 6.45. The summed E-state index contributed by atoms with van der Waals surface area (Å²) in [6.45, 7) is 4.06. The average Bonchev–Trinajstić information content (AvgIpc) is 2.55. The van der Waals surface area contributed by atoms with Crippen molar-refractivity contribution in [2.75, 3.05) is 4.90 Å². The van der Waals surface area contributed by atoms with Gasteiger partial charge in [0, 0.05) is 0 Å². The van der Waals surface area contributed by atoms with Crippen LogP contribution in [0.5, 0.6) is 0 Å². The van der Waals surface area contributed by atoms with Gasteiger partial charge in [-0.25, -0.2) is 0 Å². The van der Waals surface area contributed by atoms with Gasteiger partial charge in [0.05, 0.1) is 11.4 Å². The Balaban J connectivity index is 2.30. The lowest BCUT2D eigenvalue weighted by Crippen LogP contribution is -2.20. The lowest BCUT2D eigenvalue weighted by molar-refractivity contribution is 0.266. The zero-order valence-corrected chi connectivity index (χ0v) is 12.1. The Morgan fingerprint density at radius 1 is 0.900 bits per heavy atom. The van der Waals surface area contributed by atoms with Crippen molar-refractivity contribution in [1.29, 1.82) is 0 Å². The second-order valence-corrected chi connectivity index (χ2v) is 5.37. The number of carbonyl (C=O) groups excluding carboxylic acids is 1. The van der Waals surface area contributed by atoms with E-state index in [0.29, 0.717) is 0 Å². The van der Waals surface area contributed by atoms with Gasteiger partial charge in [-0.1, -0.05) is 35.4 Å². The van der Waals surface area contributed by atoms with Crippen LogP contribution in [-0.4, -0.2) is 5.37 Å². The van der Waals surface area contributed by atoms with E-state index in [9.17, 15) is 4.79 Å². The van der Waals surface area contributed by atoms with E-state index < -0.39 is 5.37 Å². The maximum absolute atomic E-state index is 11.9. The van der Waals surface area contributed by atoms with Crippen LogP contribution in [-0.2, 0) is 0 Å². The normalized spacial score (nSPS) is 12.7. The third-order valence-electron chi connectivity index (χ3n) is 3.47. The Kier molecular flexibility index (Phi) is 3.11. The maximum atomic E-state index is 11.9. The minimum Gasteiger partial charge on any atom is -0.266 e. The van der Waals surface area contributed by atoms with E-state index >= 15 is 0 Å². The molecule has 1 aliphatic rings. The van der Waals surface area contributed by atoms with Crippen LogP contribution in [0.2, 0.25) is 0 Å². The van der Waals surface area contributed by atoms with E-state index in [4.69, 9.17) is 11.6 Å². The van der Waals surface area contributed by atoms with Gasteiger partial charge in [0.25, 0.3) is 0 Å². The summed E-state index contributed by atoms with van der Waals surface area (Å²) in [7, 11) is 0. The standard InChI is InChI=1S/C17H14ClNO/c1-11-3-7-15-13(9-11)5-6-14-10-12(2)4-8-16(14)19(15)17(18)20/h3-10H,1-2H3. The minimum atomic E-state index is -0.496. The van der Waals surface area contributed by atoms with Crippen molar-refractivity contribution in [2.24, 2.45) is 0 Å². The van der Waals surface area contributed by atoms with Crippen molar-refractivity contribution in [2.45, 2.75) is 13.8 Å². The Bertz CT molecular complexity index is 678. The number of halogens is 1. The van der Waals surface area contributed by atoms with Gasteiger partial charge in [-0.15, -0.1) is 0 Å². The van der Waals surface area contributed by atoms with Gasteiger partial charge in [0.1, 0.15) is 0 Å². The van der Waals surface area contributed by atoms with Crippen molar-refractivity contribution >= 4 is 40.5 Å². The van der Waals surface area contributed by atoms with Crippen molar-refractivity contribution in [3.05, 3.63) is 58.7 Å². The average molecular weight is 284 g/mol. The van der Waals surface area contributed by atoms with Crippen LogP contribution in [0.4, 0.5) is 16.2 Å². The van der Waals surface area contributed by atoms with Crippen LogP contribution in [0.15, 0.2) is 36.4 Å². The summed E-state index contributed by atoms with van der Waals surface area (Å²) in [6.07, 6.45) is 4.06. The van der Waals surface area contributed by atoms with Crippen LogP contribution in [0.1, 0.15) is 22.3 Å². The van der Waals surface area contributed by atoms with E-state index in [0.717, 1.165) is 33.6 Å². The summed E-state index contributed by atoms with van der Waals surface area (Å²) in [5.41, 5.74) is 5.92. The molecule has 1 aliphatic heterocycles. The molecular weight excluding hydrogens is 270 g/mol. The molecule has 0 saturated heterocycles. The van der Waals surface area contributed by atoms with E-state index in [2.05, 4.69) is 12.1 Å². The number of aryl methyl sites for hydroxylation is 2. The van der Waals surface area contributed by atoms with E-state index in [1.807, 2.05) is 50.3 Å². The van der Waals surface area contributed by atoms with Gasteiger partial charge in [-0.2, -0.15) is 0 Å². The van der Waals surface area contributed by atoms with Crippen molar-refractivity contribution in [3.63, 3.8) is 0 Å². The van der Waals surface area contributed by atoms with Crippen molar-refractivity contribution in [1.82, 2.24) is 0 Å². The number of carbonyl (C=O) groups is 1. The number of hydrogen-bond donors (Lipinski definition) is 0.